The number of nitrogens with one attached hydrogen (secondary N) is 1. The Kier molecular flexibility index (Phi) is 5.03. The van der Waals surface area contributed by atoms with Crippen molar-refractivity contribution >= 4 is 5.91 Å². The number of nitrogens with zero attached hydrogens (tertiary/aromatic N) is 1. The average molecular weight is 320 g/mol. The van der Waals surface area contributed by atoms with Gasteiger partial charge in [0, 0.05) is 19.1 Å². The Hall–Kier alpha value is -1.79. The Labute approximate surface area is 136 Å². The summed E-state index contributed by atoms with van der Waals surface area (Å²) < 4.78 is 16.4. The van der Waals surface area contributed by atoms with Crippen molar-refractivity contribution in [1.82, 2.24) is 10.2 Å². The van der Waals surface area contributed by atoms with Gasteiger partial charge in [0.2, 0.25) is 0 Å². The molecule has 2 fully saturated rings. The molecule has 2 saturated heterocycles. The second-order valence-electron chi connectivity index (χ2n) is 6.00. The molecule has 0 bridgehead atoms. The third-order valence-electron chi connectivity index (χ3n) is 4.60. The fourth-order valence-electron chi connectivity index (χ4n) is 3.38. The molecule has 0 spiro atoms. The topological polar surface area (TPSA) is 60.0 Å². The molecule has 0 aliphatic carbocycles. The SMILES string of the molecule is COc1cccc(C(=O)NC[C@H]2CN3CCC[C@H]3CO2)c1OC. The lowest BCUT2D eigenvalue weighted by atomic mass is 10.1. The fourth-order valence-corrected chi connectivity index (χ4v) is 3.38. The smallest absolute Gasteiger partial charge is 0.255 e. The molecule has 2 aliphatic heterocycles. The van der Waals surface area contributed by atoms with Gasteiger partial charge in [-0.2, -0.15) is 0 Å². The summed E-state index contributed by atoms with van der Waals surface area (Å²) in [7, 11) is 3.09. The molecule has 2 aliphatic rings. The zero-order valence-corrected chi connectivity index (χ0v) is 13.7. The molecule has 1 aromatic carbocycles. The number of methoxy groups -OCH3 is 2. The standard InChI is InChI=1S/C17H24N2O4/c1-21-15-7-3-6-14(16(15)22-2)17(20)18-9-13-10-19-8-4-5-12(19)11-23-13/h3,6-7,12-13H,4-5,8-11H2,1-2H3,(H,18,20)/t12-,13-/m0/s1. The molecule has 3 rings (SSSR count). The van der Waals surface area contributed by atoms with E-state index in [1.807, 2.05) is 0 Å². The Bertz CT molecular complexity index is 564. The number of hydrogen-bond donors (Lipinski definition) is 1. The van der Waals surface area contributed by atoms with Crippen LogP contribution in [-0.2, 0) is 4.74 Å². The van der Waals surface area contributed by atoms with E-state index in [0.29, 0.717) is 29.6 Å². The monoisotopic (exact) mass is 320 g/mol. The zero-order valence-electron chi connectivity index (χ0n) is 13.7. The van der Waals surface area contributed by atoms with Gasteiger partial charge in [0.15, 0.2) is 11.5 Å². The number of carbonyl (C=O) groups excluding carboxylic acids is 1. The van der Waals surface area contributed by atoms with Crippen molar-refractivity contribution in [3.05, 3.63) is 23.8 Å². The average Bonchev–Trinajstić information content (AvgIpc) is 3.06. The van der Waals surface area contributed by atoms with Crippen LogP contribution in [0.5, 0.6) is 11.5 Å². The number of hydrogen-bond acceptors (Lipinski definition) is 5. The van der Waals surface area contributed by atoms with E-state index in [9.17, 15) is 4.79 Å². The van der Waals surface area contributed by atoms with Crippen molar-refractivity contribution in [3.63, 3.8) is 0 Å². The maximum atomic E-state index is 12.4. The summed E-state index contributed by atoms with van der Waals surface area (Å²) in [5.74, 6) is 0.832. The summed E-state index contributed by atoms with van der Waals surface area (Å²) in [5.41, 5.74) is 0.474. The summed E-state index contributed by atoms with van der Waals surface area (Å²) in [4.78, 5) is 14.9. The highest BCUT2D eigenvalue weighted by atomic mass is 16.5. The van der Waals surface area contributed by atoms with Crippen LogP contribution < -0.4 is 14.8 Å². The first-order valence-corrected chi connectivity index (χ1v) is 8.07. The van der Waals surface area contributed by atoms with Crippen molar-refractivity contribution in [3.8, 4) is 11.5 Å². The molecule has 126 valence electrons. The van der Waals surface area contributed by atoms with Crippen molar-refractivity contribution in [1.29, 1.82) is 0 Å². The van der Waals surface area contributed by atoms with Crippen LogP contribution in [0, 0.1) is 0 Å². The number of carbonyl (C=O) groups is 1. The maximum Gasteiger partial charge on any atom is 0.255 e. The first-order chi connectivity index (χ1) is 11.2. The number of benzene rings is 1. The van der Waals surface area contributed by atoms with Crippen LogP contribution >= 0.6 is 0 Å². The van der Waals surface area contributed by atoms with Gasteiger partial charge >= 0.3 is 0 Å². The van der Waals surface area contributed by atoms with Gasteiger partial charge in [-0.25, -0.2) is 0 Å². The van der Waals surface area contributed by atoms with Crippen molar-refractivity contribution < 1.29 is 19.0 Å². The van der Waals surface area contributed by atoms with Gasteiger partial charge in [-0.3, -0.25) is 9.69 Å². The number of ether oxygens (including phenoxy) is 3. The zero-order chi connectivity index (χ0) is 16.2. The summed E-state index contributed by atoms with van der Waals surface area (Å²) >= 11 is 0. The van der Waals surface area contributed by atoms with Crippen LogP contribution in [0.1, 0.15) is 23.2 Å². The van der Waals surface area contributed by atoms with Gasteiger partial charge in [-0.15, -0.1) is 0 Å². The highest BCUT2D eigenvalue weighted by Crippen LogP contribution is 2.30. The van der Waals surface area contributed by atoms with Gasteiger partial charge in [-0.1, -0.05) is 6.07 Å². The molecule has 0 unspecified atom stereocenters. The second kappa shape index (κ2) is 7.19. The second-order valence-corrected chi connectivity index (χ2v) is 6.00. The maximum absolute atomic E-state index is 12.4. The highest BCUT2D eigenvalue weighted by molar-refractivity contribution is 5.97. The van der Waals surface area contributed by atoms with E-state index < -0.39 is 0 Å². The van der Waals surface area contributed by atoms with E-state index in [0.717, 1.165) is 19.7 Å². The van der Waals surface area contributed by atoms with Gasteiger partial charge in [-0.05, 0) is 31.5 Å². The molecule has 1 N–H and O–H groups in total. The van der Waals surface area contributed by atoms with E-state index >= 15 is 0 Å². The number of para-hydroxylation sites is 1. The quantitative estimate of drug-likeness (QED) is 0.886. The molecule has 23 heavy (non-hydrogen) atoms. The van der Waals surface area contributed by atoms with Crippen LogP contribution in [0.2, 0.25) is 0 Å². The lowest BCUT2D eigenvalue weighted by Gasteiger charge is -2.35. The molecular weight excluding hydrogens is 296 g/mol. The molecule has 6 heteroatoms. The molecule has 1 aromatic rings. The number of morpholine rings is 1. The minimum Gasteiger partial charge on any atom is -0.493 e. The minimum atomic E-state index is -0.173. The van der Waals surface area contributed by atoms with Crippen molar-refractivity contribution in [2.75, 3.05) is 40.5 Å². The van der Waals surface area contributed by atoms with Crippen molar-refractivity contribution in [2.45, 2.75) is 25.0 Å². The predicted octanol–water partition coefficient (Wildman–Crippen LogP) is 1.30. The van der Waals surface area contributed by atoms with Crippen molar-refractivity contribution in [2.24, 2.45) is 0 Å². The Balaban J connectivity index is 1.59. The Morgan fingerprint density at radius 3 is 3.04 bits per heavy atom. The van der Waals surface area contributed by atoms with Gasteiger partial charge in [0.05, 0.1) is 32.5 Å². The number of rotatable bonds is 5. The van der Waals surface area contributed by atoms with E-state index in [1.54, 1.807) is 25.3 Å². The van der Waals surface area contributed by atoms with E-state index in [-0.39, 0.29) is 12.0 Å². The first kappa shape index (κ1) is 16.1. The summed E-state index contributed by atoms with van der Waals surface area (Å²) in [5, 5.41) is 2.95. The molecule has 0 aromatic heterocycles. The molecule has 0 radical (unpaired) electrons. The van der Waals surface area contributed by atoms with Crippen LogP contribution in [0.25, 0.3) is 0 Å². The lowest BCUT2D eigenvalue weighted by molar-refractivity contribution is -0.0461. The van der Waals surface area contributed by atoms with E-state index in [2.05, 4.69) is 10.2 Å². The van der Waals surface area contributed by atoms with Gasteiger partial charge in [0.1, 0.15) is 0 Å². The van der Waals surface area contributed by atoms with Crippen LogP contribution in [0.4, 0.5) is 0 Å². The van der Waals surface area contributed by atoms with Gasteiger partial charge < -0.3 is 19.5 Å². The summed E-state index contributed by atoms with van der Waals surface area (Å²) in [6.07, 6.45) is 2.51. The predicted molar refractivity (Wildman–Crippen MR) is 86.2 cm³/mol. The number of fused-ring (bicyclic) bond motifs is 1. The minimum absolute atomic E-state index is 0.0462. The fraction of sp³-hybridized carbons (Fsp3) is 0.588. The molecule has 6 nitrogen and oxygen atoms in total. The normalized spacial score (nSPS) is 24.1. The molecule has 2 heterocycles. The molecule has 0 saturated carbocycles. The molecule has 1 amide bonds. The Morgan fingerprint density at radius 1 is 1.39 bits per heavy atom. The van der Waals surface area contributed by atoms with Crippen LogP contribution in [0.3, 0.4) is 0 Å². The van der Waals surface area contributed by atoms with Crippen LogP contribution in [-0.4, -0.2) is 63.4 Å². The summed E-state index contributed by atoms with van der Waals surface area (Å²) in [6.45, 7) is 3.30. The largest absolute Gasteiger partial charge is 0.493 e. The third-order valence-corrected chi connectivity index (χ3v) is 4.60. The van der Waals surface area contributed by atoms with E-state index in [1.165, 1.54) is 20.0 Å². The Morgan fingerprint density at radius 2 is 2.26 bits per heavy atom. The third kappa shape index (κ3) is 3.43. The van der Waals surface area contributed by atoms with Gasteiger partial charge in [0.25, 0.3) is 5.91 Å². The highest BCUT2D eigenvalue weighted by Gasteiger charge is 2.32. The lowest BCUT2D eigenvalue weighted by Crippen LogP contribution is -2.50. The molecular formula is C17H24N2O4. The summed E-state index contributed by atoms with van der Waals surface area (Å²) in [6, 6.07) is 5.85. The van der Waals surface area contributed by atoms with E-state index in [4.69, 9.17) is 14.2 Å². The number of amides is 1. The van der Waals surface area contributed by atoms with Crippen LogP contribution in [0.15, 0.2) is 18.2 Å². The first-order valence-electron chi connectivity index (χ1n) is 8.07. The molecule has 2 atom stereocenters.